The minimum absolute atomic E-state index is 0.347. The zero-order valence-electron chi connectivity index (χ0n) is 15.6. The molecule has 0 saturated heterocycles. The standard InChI is InChI=1S/C18H36N2O3/c1-6-18(22,7-2)13-20-15-11-9-8-10-14(15)12-19-16(21)23-17(3,4)5/h14-15,20,22H,6-13H2,1-5H3,(H,19,21). The first kappa shape index (κ1) is 20.2. The van der Waals surface area contributed by atoms with E-state index in [1.54, 1.807) is 0 Å². The number of amides is 1. The van der Waals surface area contributed by atoms with Crippen molar-refractivity contribution in [3.8, 4) is 0 Å². The third-order valence-electron chi connectivity index (χ3n) is 4.83. The lowest BCUT2D eigenvalue weighted by atomic mass is 9.83. The third-order valence-corrected chi connectivity index (χ3v) is 4.83. The molecule has 0 spiro atoms. The van der Waals surface area contributed by atoms with Crippen LogP contribution in [0.5, 0.6) is 0 Å². The highest BCUT2D eigenvalue weighted by Gasteiger charge is 2.29. The summed E-state index contributed by atoms with van der Waals surface area (Å²) in [5, 5.41) is 16.9. The van der Waals surface area contributed by atoms with Crippen molar-refractivity contribution >= 4 is 6.09 Å². The number of carbonyl (C=O) groups is 1. The Balaban J connectivity index is 2.47. The molecule has 0 aromatic rings. The summed E-state index contributed by atoms with van der Waals surface area (Å²) >= 11 is 0. The van der Waals surface area contributed by atoms with E-state index in [1.165, 1.54) is 12.8 Å². The summed E-state index contributed by atoms with van der Waals surface area (Å²) in [6, 6.07) is 0.350. The van der Waals surface area contributed by atoms with E-state index in [1.807, 2.05) is 34.6 Å². The van der Waals surface area contributed by atoms with Crippen LogP contribution < -0.4 is 10.6 Å². The lowest BCUT2D eigenvalue weighted by molar-refractivity contribution is 0.0253. The van der Waals surface area contributed by atoms with Gasteiger partial charge in [0.25, 0.3) is 0 Å². The normalized spacial score (nSPS) is 22.7. The van der Waals surface area contributed by atoms with E-state index >= 15 is 0 Å². The predicted molar refractivity (Wildman–Crippen MR) is 93.5 cm³/mol. The lowest BCUT2D eigenvalue weighted by Gasteiger charge is -2.35. The average molecular weight is 328 g/mol. The van der Waals surface area contributed by atoms with Crippen LogP contribution in [0.25, 0.3) is 0 Å². The summed E-state index contributed by atoms with van der Waals surface area (Å²) in [7, 11) is 0. The van der Waals surface area contributed by atoms with Crippen molar-refractivity contribution in [2.45, 2.75) is 90.4 Å². The van der Waals surface area contributed by atoms with E-state index in [0.717, 1.165) is 25.7 Å². The van der Waals surface area contributed by atoms with E-state index < -0.39 is 11.2 Å². The number of alkyl carbamates (subject to hydrolysis) is 1. The summed E-state index contributed by atoms with van der Waals surface area (Å²) in [6.45, 7) is 10.9. The Morgan fingerprint density at radius 3 is 2.35 bits per heavy atom. The third kappa shape index (κ3) is 7.53. The molecule has 2 atom stereocenters. The average Bonchev–Trinajstić information content (AvgIpc) is 2.49. The highest BCUT2D eigenvalue weighted by Crippen LogP contribution is 2.25. The summed E-state index contributed by atoms with van der Waals surface area (Å²) in [4.78, 5) is 11.8. The highest BCUT2D eigenvalue weighted by molar-refractivity contribution is 5.67. The number of carbonyl (C=O) groups excluding carboxylic acids is 1. The van der Waals surface area contributed by atoms with Gasteiger partial charge >= 0.3 is 6.09 Å². The van der Waals surface area contributed by atoms with Gasteiger partial charge in [0.2, 0.25) is 0 Å². The van der Waals surface area contributed by atoms with Crippen molar-refractivity contribution < 1.29 is 14.6 Å². The van der Waals surface area contributed by atoms with Crippen molar-refractivity contribution in [3.63, 3.8) is 0 Å². The summed E-state index contributed by atoms with van der Waals surface area (Å²) in [5.74, 6) is 0.397. The van der Waals surface area contributed by atoms with Crippen molar-refractivity contribution in [2.24, 2.45) is 5.92 Å². The molecule has 1 aliphatic carbocycles. The fourth-order valence-electron chi connectivity index (χ4n) is 3.07. The summed E-state index contributed by atoms with van der Waals surface area (Å²) in [5.41, 5.74) is -1.09. The molecule has 0 bridgehead atoms. The molecular weight excluding hydrogens is 292 g/mol. The topological polar surface area (TPSA) is 70.6 Å². The minimum Gasteiger partial charge on any atom is -0.444 e. The van der Waals surface area contributed by atoms with Crippen LogP contribution >= 0.6 is 0 Å². The van der Waals surface area contributed by atoms with E-state index in [2.05, 4.69) is 10.6 Å². The summed E-state index contributed by atoms with van der Waals surface area (Å²) in [6.07, 6.45) is 5.77. The zero-order valence-corrected chi connectivity index (χ0v) is 15.6. The number of hydrogen-bond acceptors (Lipinski definition) is 4. The Bertz CT molecular complexity index is 362. The Morgan fingerprint density at radius 2 is 1.78 bits per heavy atom. The van der Waals surface area contributed by atoms with Gasteiger partial charge in [0.1, 0.15) is 5.60 Å². The second kappa shape index (κ2) is 8.88. The van der Waals surface area contributed by atoms with Crippen molar-refractivity contribution in [3.05, 3.63) is 0 Å². The molecule has 1 aliphatic rings. The van der Waals surface area contributed by atoms with Crippen LogP contribution in [0.2, 0.25) is 0 Å². The Labute approximate surface area is 141 Å². The maximum Gasteiger partial charge on any atom is 0.407 e. The zero-order chi connectivity index (χ0) is 17.5. The van der Waals surface area contributed by atoms with Gasteiger partial charge in [-0.1, -0.05) is 26.7 Å². The van der Waals surface area contributed by atoms with Crippen molar-refractivity contribution in [1.29, 1.82) is 0 Å². The number of ether oxygens (including phenoxy) is 1. The van der Waals surface area contributed by atoms with Crippen molar-refractivity contribution in [1.82, 2.24) is 10.6 Å². The largest absolute Gasteiger partial charge is 0.444 e. The molecule has 2 unspecified atom stereocenters. The monoisotopic (exact) mass is 328 g/mol. The van der Waals surface area contributed by atoms with Gasteiger partial charge in [0.15, 0.2) is 0 Å². The van der Waals surface area contributed by atoms with Gasteiger partial charge in [0.05, 0.1) is 5.60 Å². The van der Waals surface area contributed by atoms with Crippen LogP contribution in [-0.2, 0) is 4.74 Å². The molecule has 1 fully saturated rings. The SMILES string of the molecule is CCC(O)(CC)CNC1CCCCC1CNC(=O)OC(C)(C)C. The van der Waals surface area contributed by atoms with E-state index in [4.69, 9.17) is 4.74 Å². The fraction of sp³-hybridized carbons (Fsp3) is 0.944. The van der Waals surface area contributed by atoms with E-state index in [0.29, 0.717) is 25.0 Å². The second-order valence-corrected chi connectivity index (χ2v) is 7.85. The van der Waals surface area contributed by atoms with Crippen LogP contribution in [0.4, 0.5) is 4.79 Å². The van der Waals surface area contributed by atoms with Gasteiger partial charge in [0, 0.05) is 19.1 Å². The molecular formula is C18H36N2O3. The second-order valence-electron chi connectivity index (χ2n) is 7.85. The van der Waals surface area contributed by atoms with Crippen molar-refractivity contribution in [2.75, 3.05) is 13.1 Å². The first-order chi connectivity index (χ1) is 10.7. The number of aliphatic hydroxyl groups is 1. The van der Waals surface area contributed by atoms with Crippen LogP contribution in [0.1, 0.15) is 73.1 Å². The number of nitrogens with one attached hydrogen (secondary N) is 2. The molecule has 5 heteroatoms. The van der Waals surface area contributed by atoms with Gasteiger partial charge in [-0.3, -0.25) is 0 Å². The van der Waals surface area contributed by atoms with Crippen LogP contribution in [0, 0.1) is 5.92 Å². The molecule has 1 amide bonds. The maximum absolute atomic E-state index is 11.8. The van der Waals surface area contributed by atoms with Crippen LogP contribution in [-0.4, -0.2) is 41.5 Å². The van der Waals surface area contributed by atoms with Gasteiger partial charge in [-0.25, -0.2) is 4.79 Å². The Hall–Kier alpha value is -0.810. The maximum atomic E-state index is 11.8. The van der Waals surface area contributed by atoms with Gasteiger partial charge in [-0.2, -0.15) is 0 Å². The van der Waals surface area contributed by atoms with E-state index in [-0.39, 0.29) is 6.09 Å². The van der Waals surface area contributed by atoms with Gasteiger partial charge in [-0.15, -0.1) is 0 Å². The molecule has 0 heterocycles. The fourth-order valence-corrected chi connectivity index (χ4v) is 3.07. The molecule has 0 radical (unpaired) electrons. The van der Waals surface area contributed by atoms with Crippen LogP contribution in [0.3, 0.4) is 0 Å². The Morgan fingerprint density at radius 1 is 1.17 bits per heavy atom. The predicted octanol–water partition coefficient (Wildman–Crippen LogP) is 3.21. The lowest BCUT2D eigenvalue weighted by Crippen LogP contribution is -2.50. The summed E-state index contributed by atoms with van der Waals surface area (Å²) < 4.78 is 5.30. The molecule has 0 aromatic heterocycles. The molecule has 1 saturated carbocycles. The van der Waals surface area contributed by atoms with Gasteiger partial charge in [-0.05, 0) is 52.4 Å². The molecule has 1 rings (SSSR count). The highest BCUT2D eigenvalue weighted by atomic mass is 16.6. The number of rotatable bonds is 7. The molecule has 5 nitrogen and oxygen atoms in total. The number of hydrogen-bond donors (Lipinski definition) is 3. The molecule has 23 heavy (non-hydrogen) atoms. The minimum atomic E-state index is -0.624. The van der Waals surface area contributed by atoms with E-state index in [9.17, 15) is 9.90 Å². The quantitative estimate of drug-likeness (QED) is 0.671. The first-order valence-electron chi connectivity index (χ1n) is 9.11. The van der Waals surface area contributed by atoms with Gasteiger partial charge < -0.3 is 20.5 Å². The smallest absolute Gasteiger partial charge is 0.407 e. The Kier molecular flexibility index (Phi) is 7.81. The van der Waals surface area contributed by atoms with Crippen LogP contribution in [0.15, 0.2) is 0 Å². The molecule has 3 N–H and O–H groups in total. The first-order valence-corrected chi connectivity index (χ1v) is 9.11. The molecule has 0 aliphatic heterocycles. The molecule has 0 aromatic carbocycles. The molecule has 136 valence electrons.